The van der Waals surface area contributed by atoms with Gasteiger partial charge in [0, 0.05) is 25.7 Å². The minimum absolute atomic E-state index is 0.157. The number of nitrogens with zero attached hydrogens (tertiary/aromatic N) is 3. The van der Waals surface area contributed by atoms with Crippen molar-refractivity contribution in [2.45, 2.75) is 19.4 Å². The molecule has 168 valence electrons. The highest BCUT2D eigenvalue weighted by molar-refractivity contribution is 7.13. The fourth-order valence-corrected chi connectivity index (χ4v) is 4.34. The number of hydrogen-bond acceptors (Lipinski definition) is 7. The maximum Gasteiger partial charge on any atom is 0.310 e. The molecule has 0 atom stereocenters. The Morgan fingerprint density at radius 2 is 1.94 bits per heavy atom. The first-order valence-corrected chi connectivity index (χ1v) is 11.7. The van der Waals surface area contributed by atoms with Crippen LogP contribution in [0.15, 0.2) is 58.7 Å². The molecule has 0 N–H and O–H groups in total. The number of benzene rings is 1. The third-order valence-corrected chi connectivity index (χ3v) is 6.19. The molecule has 1 saturated heterocycles. The molecule has 32 heavy (non-hydrogen) atoms. The van der Waals surface area contributed by atoms with E-state index in [1.807, 2.05) is 41.8 Å². The third-order valence-electron chi connectivity index (χ3n) is 5.30. The van der Waals surface area contributed by atoms with E-state index in [0.717, 1.165) is 61.0 Å². The van der Waals surface area contributed by atoms with Gasteiger partial charge in [0.05, 0.1) is 37.7 Å². The Hall–Kier alpha value is -2.81. The molecule has 0 radical (unpaired) electrons. The average molecular weight is 454 g/mol. The van der Waals surface area contributed by atoms with E-state index in [2.05, 4.69) is 10.00 Å². The molecule has 1 aliphatic rings. The van der Waals surface area contributed by atoms with Gasteiger partial charge in [0.2, 0.25) is 0 Å². The lowest BCUT2D eigenvalue weighted by atomic mass is 10.1. The molecule has 7 nitrogen and oxygen atoms in total. The normalized spacial score (nSPS) is 14.4. The summed E-state index contributed by atoms with van der Waals surface area (Å²) in [6.07, 6.45) is 1.03. The van der Waals surface area contributed by atoms with Crippen molar-refractivity contribution in [2.24, 2.45) is 0 Å². The zero-order chi connectivity index (χ0) is 22.2. The number of carbonyl (C=O) groups is 1. The first kappa shape index (κ1) is 22.4. The number of aromatic nitrogens is 2. The van der Waals surface area contributed by atoms with Crippen molar-refractivity contribution in [1.29, 1.82) is 0 Å². The summed E-state index contributed by atoms with van der Waals surface area (Å²) < 4.78 is 12.2. The Kier molecular flexibility index (Phi) is 7.82. The van der Waals surface area contributed by atoms with Gasteiger partial charge in [-0.2, -0.15) is 5.10 Å². The summed E-state index contributed by atoms with van der Waals surface area (Å²) >= 11 is 1.58. The maximum atomic E-state index is 12.3. The SMILES string of the molecule is O=C(Cc1cccc(Cn2nc(-c3cccs3)ccc2=O)c1)OCCCN1CCOCC1. The molecule has 0 spiro atoms. The highest BCUT2D eigenvalue weighted by Gasteiger charge is 2.11. The van der Waals surface area contributed by atoms with Crippen molar-refractivity contribution in [1.82, 2.24) is 14.7 Å². The standard InChI is InChI=1S/C24H27N3O4S/c28-23-8-7-21(22-6-2-15-32-22)25-27(23)18-20-5-1-4-19(16-20)17-24(29)31-12-3-9-26-10-13-30-14-11-26/h1-2,4-8,15-16H,3,9-14,17-18H2. The van der Waals surface area contributed by atoms with Gasteiger partial charge in [0.15, 0.2) is 0 Å². The number of thiophene rings is 1. The molecule has 3 aromatic rings. The summed E-state index contributed by atoms with van der Waals surface area (Å²) in [5.74, 6) is -0.237. The van der Waals surface area contributed by atoms with Crippen molar-refractivity contribution in [3.8, 4) is 10.6 Å². The van der Waals surface area contributed by atoms with Crippen LogP contribution in [-0.2, 0) is 27.2 Å². The Bertz CT molecular complexity index is 1070. The van der Waals surface area contributed by atoms with Crippen molar-refractivity contribution in [2.75, 3.05) is 39.5 Å². The van der Waals surface area contributed by atoms with Crippen LogP contribution in [0, 0.1) is 0 Å². The molecule has 1 aromatic carbocycles. The van der Waals surface area contributed by atoms with E-state index >= 15 is 0 Å². The van der Waals surface area contributed by atoms with Gasteiger partial charge in [0.25, 0.3) is 5.56 Å². The fourth-order valence-electron chi connectivity index (χ4n) is 3.65. The van der Waals surface area contributed by atoms with E-state index in [4.69, 9.17) is 9.47 Å². The predicted molar refractivity (Wildman–Crippen MR) is 124 cm³/mol. The summed E-state index contributed by atoms with van der Waals surface area (Å²) in [6, 6.07) is 14.9. The molecule has 0 unspecified atom stereocenters. The van der Waals surface area contributed by atoms with Crippen molar-refractivity contribution in [3.63, 3.8) is 0 Å². The third kappa shape index (κ3) is 6.35. The Morgan fingerprint density at radius 3 is 2.75 bits per heavy atom. The van der Waals surface area contributed by atoms with Gasteiger partial charge in [0.1, 0.15) is 5.69 Å². The molecule has 0 saturated carbocycles. The van der Waals surface area contributed by atoms with Gasteiger partial charge in [-0.25, -0.2) is 4.68 Å². The van der Waals surface area contributed by atoms with Crippen LogP contribution in [0.2, 0.25) is 0 Å². The Balaban J connectivity index is 1.30. The quantitative estimate of drug-likeness (QED) is 0.366. The smallest absolute Gasteiger partial charge is 0.310 e. The largest absolute Gasteiger partial charge is 0.465 e. The van der Waals surface area contributed by atoms with Crippen LogP contribution in [0.3, 0.4) is 0 Å². The highest BCUT2D eigenvalue weighted by atomic mass is 32.1. The highest BCUT2D eigenvalue weighted by Crippen LogP contribution is 2.21. The number of morpholine rings is 1. The van der Waals surface area contributed by atoms with Crippen molar-refractivity contribution < 1.29 is 14.3 Å². The minimum Gasteiger partial charge on any atom is -0.465 e. The number of rotatable bonds is 9. The average Bonchev–Trinajstić information content (AvgIpc) is 3.34. The van der Waals surface area contributed by atoms with Crippen LogP contribution in [0.4, 0.5) is 0 Å². The van der Waals surface area contributed by atoms with Gasteiger partial charge < -0.3 is 9.47 Å². The van der Waals surface area contributed by atoms with Crippen LogP contribution in [0.1, 0.15) is 17.5 Å². The molecule has 0 aliphatic carbocycles. The zero-order valence-corrected chi connectivity index (χ0v) is 18.8. The monoisotopic (exact) mass is 453 g/mol. The molecule has 4 rings (SSSR count). The molecular weight excluding hydrogens is 426 g/mol. The maximum absolute atomic E-state index is 12.3. The van der Waals surface area contributed by atoms with E-state index in [1.165, 1.54) is 4.68 Å². The van der Waals surface area contributed by atoms with Gasteiger partial charge in [-0.1, -0.05) is 30.3 Å². The first-order valence-electron chi connectivity index (χ1n) is 10.8. The zero-order valence-electron chi connectivity index (χ0n) is 17.9. The van der Waals surface area contributed by atoms with E-state index in [-0.39, 0.29) is 17.9 Å². The lowest BCUT2D eigenvalue weighted by molar-refractivity contribution is -0.143. The lowest BCUT2D eigenvalue weighted by Crippen LogP contribution is -2.37. The molecule has 0 bridgehead atoms. The van der Waals surface area contributed by atoms with Crippen LogP contribution in [0.5, 0.6) is 0 Å². The van der Waals surface area contributed by atoms with E-state index in [0.29, 0.717) is 13.2 Å². The van der Waals surface area contributed by atoms with E-state index in [9.17, 15) is 9.59 Å². The van der Waals surface area contributed by atoms with Crippen LogP contribution in [-0.4, -0.2) is 60.1 Å². The second kappa shape index (κ2) is 11.2. The van der Waals surface area contributed by atoms with Crippen molar-refractivity contribution >= 4 is 17.3 Å². The first-order chi connectivity index (χ1) is 15.7. The molecule has 1 fully saturated rings. The second-order valence-electron chi connectivity index (χ2n) is 7.72. The van der Waals surface area contributed by atoms with Gasteiger partial charge in [-0.3, -0.25) is 14.5 Å². The van der Waals surface area contributed by atoms with E-state index in [1.54, 1.807) is 23.5 Å². The molecule has 0 amide bonds. The fraction of sp³-hybridized carbons (Fsp3) is 0.375. The Labute approximate surface area is 191 Å². The van der Waals surface area contributed by atoms with Crippen LogP contribution >= 0.6 is 11.3 Å². The van der Waals surface area contributed by atoms with Crippen molar-refractivity contribution in [3.05, 3.63) is 75.4 Å². The summed E-state index contributed by atoms with van der Waals surface area (Å²) in [5.41, 5.74) is 2.40. The number of hydrogen-bond donors (Lipinski definition) is 0. The van der Waals surface area contributed by atoms with Gasteiger partial charge in [-0.05, 0) is 35.1 Å². The van der Waals surface area contributed by atoms with Gasteiger partial charge >= 0.3 is 5.97 Å². The lowest BCUT2D eigenvalue weighted by Gasteiger charge is -2.26. The molecule has 3 heterocycles. The summed E-state index contributed by atoms with van der Waals surface area (Å²) in [7, 11) is 0. The predicted octanol–water partition coefficient (Wildman–Crippen LogP) is 2.83. The summed E-state index contributed by atoms with van der Waals surface area (Å²) in [6.45, 7) is 5.11. The number of ether oxygens (including phenoxy) is 2. The number of esters is 1. The topological polar surface area (TPSA) is 73.7 Å². The molecule has 8 heteroatoms. The summed E-state index contributed by atoms with van der Waals surface area (Å²) in [4.78, 5) is 27.9. The second-order valence-corrected chi connectivity index (χ2v) is 8.66. The van der Waals surface area contributed by atoms with Gasteiger partial charge in [-0.15, -0.1) is 11.3 Å². The minimum atomic E-state index is -0.237. The summed E-state index contributed by atoms with van der Waals surface area (Å²) in [5, 5.41) is 6.48. The van der Waals surface area contributed by atoms with Crippen LogP contribution in [0.25, 0.3) is 10.6 Å². The Morgan fingerprint density at radius 1 is 1.09 bits per heavy atom. The molecular formula is C24H27N3O4S. The molecule has 1 aliphatic heterocycles. The van der Waals surface area contributed by atoms with E-state index < -0.39 is 0 Å². The number of carbonyl (C=O) groups excluding carboxylic acids is 1. The van der Waals surface area contributed by atoms with Crippen LogP contribution < -0.4 is 5.56 Å². The molecule has 2 aromatic heterocycles.